The van der Waals surface area contributed by atoms with E-state index in [9.17, 15) is 13.2 Å². The topological polar surface area (TPSA) is 98.5 Å². The molecule has 0 amide bonds. The summed E-state index contributed by atoms with van der Waals surface area (Å²) in [6.07, 6.45) is 0. The van der Waals surface area contributed by atoms with Crippen LogP contribution in [0.4, 0.5) is 0 Å². The standard InChI is InChI=1S/C19H18N2O5S/c1-2-20-27(23,24)17-10-6-9-15(11-17)19(22)25-13-16-12-18(21-26-16)14-7-4-3-5-8-14/h3-12,20H,2,13H2,1H3. The molecule has 0 saturated heterocycles. The second-order valence-corrected chi connectivity index (χ2v) is 7.42. The predicted octanol–water partition coefficient (Wildman–Crippen LogP) is 3.00. The molecule has 0 aliphatic heterocycles. The first-order valence-electron chi connectivity index (χ1n) is 8.27. The minimum atomic E-state index is -3.65. The van der Waals surface area contributed by atoms with Gasteiger partial charge in [0.1, 0.15) is 5.69 Å². The van der Waals surface area contributed by atoms with E-state index in [4.69, 9.17) is 9.26 Å². The maximum absolute atomic E-state index is 12.2. The van der Waals surface area contributed by atoms with Crippen LogP contribution in [0.1, 0.15) is 23.0 Å². The Morgan fingerprint density at radius 2 is 1.89 bits per heavy atom. The number of rotatable bonds is 7. The fourth-order valence-corrected chi connectivity index (χ4v) is 3.50. The summed E-state index contributed by atoms with van der Waals surface area (Å²) >= 11 is 0. The molecule has 0 atom stereocenters. The van der Waals surface area contributed by atoms with Crippen molar-refractivity contribution in [2.75, 3.05) is 6.54 Å². The summed E-state index contributed by atoms with van der Waals surface area (Å²) in [5.41, 5.74) is 1.66. The van der Waals surface area contributed by atoms with Crippen molar-refractivity contribution in [3.05, 3.63) is 72.0 Å². The smallest absolute Gasteiger partial charge is 0.338 e. The summed E-state index contributed by atoms with van der Waals surface area (Å²) in [4.78, 5) is 12.2. The van der Waals surface area contributed by atoms with Crippen LogP contribution < -0.4 is 4.72 Å². The molecule has 2 aromatic carbocycles. The summed E-state index contributed by atoms with van der Waals surface area (Å²) in [5, 5.41) is 3.95. The maximum Gasteiger partial charge on any atom is 0.338 e. The van der Waals surface area contributed by atoms with Gasteiger partial charge in [0.05, 0.1) is 10.5 Å². The molecular weight excluding hydrogens is 368 g/mol. The fourth-order valence-electron chi connectivity index (χ4n) is 2.41. The van der Waals surface area contributed by atoms with E-state index >= 15 is 0 Å². The van der Waals surface area contributed by atoms with Gasteiger partial charge in [0.2, 0.25) is 10.0 Å². The van der Waals surface area contributed by atoms with Crippen LogP contribution in [0.3, 0.4) is 0 Å². The molecule has 3 rings (SSSR count). The lowest BCUT2D eigenvalue weighted by molar-refractivity contribution is 0.0437. The molecule has 0 unspecified atom stereocenters. The minimum Gasteiger partial charge on any atom is -0.454 e. The second-order valence-electron chi connectivity index (χ2n) is 5.65. The van der Waals surface area contributed by atoms with Crippen molar-refractivity contribution in [2.45, 2.75) is 18.4 Å². The lowest BCUT2D eigenvalue weighted by atomic mass is 10.1. The number of carbonyl (C=O) groups excluding carboxylic acids is 1. The summed E-state index contributed by atoms with van der Waals surface area (Å²) < 4.78 is 36.8. The predicted molar refractivity (Wildman–Crippen MR) is 98.4 cm³/mol. The Balaban J connectivity index is 1.67. The van der Waals surface area contributed by atoms with Crippen LogP contribution in [-0.4, -0.2) is 26.1 Å². The number of benzene rings is 2. The van der Waals surface area contributed by atoms with Crippen molar-refractivity contribution >= 4 is 16.0 Å². The van der Waals surface area contributed by atoms with Gasteiger partial charge in [-0.05, 0) is 18.2 Å². The molecular formula is C19H18N2O5S. The average Bonchev–Trinajstić information content (AvgIpc) is 3.16. The number of aromatic nitrogens is 1. The van der Waals surface area contributed by atoms with E-state index in [0.29, 0.717) is 11.5 Å². The first kappa shape index (κ1) is 18.8. The summed E-state index contributed by atoms with van der Waals surface area (Å²) in [5.74, 6) is -0.264. The summed E-state index contributed by atoms with van der Waals surface area (Å²) in [7, 11) is -3.65. The summed E-state index contributed by atoms with van der Waals surface area (Å²) in [6, 6.07) is 16.8. The number of carbonyl (C=O) groups is 1. The zero-order chi connectivity index (χ0) is 19.3. The van der Waals surface area contributed by atoms with Gasteiger partial charge < -0.3 is 9.26 Å². The Labute approximate surface area is 157 Å². The number of esters is 1. The molecule has 0 saturated carbocycles. The number of nitrogens with zero attached hydrogens (tertiary/aromatic N) is 1. The lowest BCUT2D eigenvalue weighted by Gasteiger charge is -2.07. The lowest BCUT2D eigenvalue weighted by Crippen LogP contribution is -2.23. The molecule has 0 bridgehead atoms. The van der Waals surface area contributed by atoms with Crippen molar-refractivity contribution in [3.8, 4) is 11.3 Å². The molecule has 1 N–H and O–H groups in total. The van der Waals surface area contributed by atoms with Crippen LogP contribution in [0.15, 0.2) is 70.1 Å². The van der Waals surface area contributed by atoms with Gasteiger partial charge >= 0.3 is 5.97 Å². The van der Waals surface area contributed by atoms with Gasteiger partial charge in [0.15, 0.2) is 12.4 Å². The zero-order valence-electron chi connectivity index (χ0n) is 14.6. The molecule has 1 heterocycles. The van der Waals surface area contributed by atoms with Gasteiger partial charge in [-0.15, -0.1) is 0 Å². The van der Waals surface area contributed by atoms with Gasteiger partial charge in [0, 0.05) is 18.2 Å². The molecule has 1 aromatic heterocycles. The number of nitrogens with one attached hydrogen (secondary N) is 1. The highest BCUT2D eigenvalue weighted by molar-refractivity contribution is 7.89. The molecule has 0 spiro atoms. The first-order chi connectivity index (χ1) is 13.0. The SMILES string of the molecule is CCNS(=O)(=O)c1cccc(C(=O)OCc2cc(-c3ccccc3)no2)c1. The Morgan fingerprint density at radius 1 is 1.11 bits per heavy atom. The number of ether oxygens (including phenoxy) is 1. The van der Waals surface area contributed by atoms with Crippen LogP contribution in [0.2, 0.25) is 0 Å². The quantitative estimate of drug-likeness (QED) is 0.627. The monoisotopic (exact) mass is 386 g/mol. The second kappa shape index (κ2) is 8.15. The van der Waals surface area contributed by atoms with E-state index in [1.165, 1.54) is 24.3 Å². The summed E-state index contributed by atoms with van der Waals surface area (Å²) in [6.45, 7) is 1.83. The third-order valence-corrected chi connectivity index (χ3v) is 5.23. The van der Waals surface area contributed by atoms with Crippen LogP contribution in [0.5, 0.6) is 0 Å². The molecule has 0 aliphatic carbocycles. The Hall–Kier alpha value is -2.97. The zero-order valence-corrected chi connectivity index (χ0v) is 15.4. The highest BCUT2D eigenvalue weighted by Gasteiger charge is 2.16. The Bertz CT molecular complexity index is 1030. The third kappa shape index (κ3) is 4.60. The van der Waals surface area contributed by atoms with E-state index in [1.807, 2.05) is 30.3 Å². The molecule has 140 valence electrons. The molecule has 0 radical (unpaired) electrons. The Morgan fingerprint density at radius 3 is 2.63 bits per heavy atom. The van der Waals surface area contributed by atoms with Crippen LogP contribution in [0.25, 0.3) is 11.3 Å². The number of sulfonamides is 1. The van der Waals surface area contributed by atoms with E-state index in [2.05, 4.69) is 9.88 Å². The van der Waals surface area contributed by atoms with Gasteiger partial charge in [-0.3, -0.25) is 0 Å². The Kier molecular flexibility index (Phi) is 5.68. The van der Waals surface area contributed by atoms with Crippen molar-refractivity contribution in [1.29, 1.82) is 0 Å². The first-order valence-corrected chi connectivity index (χ1v) is 9.76. The fraction of sp³-hybridized carbons (Fsp3) is 0.158. The van der Waals surface area contributed by atoms with Gasteiger partial charge in [-0.2, -0.15) is 0 Å². The third-order valence-electron chi connectivity index (χ3n) is 3.69. The van der Waals surface area contributed by atoms with E-state index < -0.39 is 16.0 Å². The molecule has 7 nitrogen and oxygen atoms in total. The average molecular weight is 386 g/mol. The molecule has 0 fully saturated rings. The molecule has 3 aromatic rings. The van der Waals surface area contributed by atoms with E-state index in [-0.39, 0.29) is 23.6 Å². The normalized spacial score (nSPS) is 11.3. The molecule has 8 heteroatoms. The van der Waals surface area contributed by atoms with E-state index in [1.54, 1.807) is 13.0 Å². The van der Waals surface area contributed by atoms with Gasteiger partial charge in [-0.25, -0.2) is 17.9 Å². The van der Waals surface area contributed by atoms with Crippen molar-refractivity contribution in [1.82, 2.24) is 9.88 Å². The molecule has 27 heavy (non-hydrogen) atoms. The van der Waals surface area contributed by atoms with Crippen molar-refractivity contribution in [3.63, 3.8) is 0 Å². The minimum absolute atomic E-state index is 0.00447. The van der Waals surface area contributed by atoms with Crippen molar-refractivity contribution < 1.29 is 22.5 Å². The number of hydrogen-bond donors (Lipinski definition) is 1. The van der Waals surface area contributed by atoms with E-state index in [0.717, 1.165) is 5.56 Å². The van der Waals surface area contributed by atoms with Crippen molar-refractivity contribution in [2.24, 2.45) is 0 Å². The maximum atomic E-state index is 12.2. The molecule has 0 aliphatic rings. The highest BCUT2D eigenvalue weighted by atomic mass is 32.2. The van der Waals surface area contributed by atoms with Crippen LogP contribution in [-0.2, 0) is 21.4 Å². The van der Waals surface area contributed by atoms with Crippen LogP contribution in [0, 0.1) is 0 Å². The van der Waals surface area contributed by atoms with Gasteiger partial charge in [-0.1, -0.05) is 48.5 Å². The van der Waals surface area contributed by atoms with Gasteiger partial charge in [0.25, 0.3) is 0 Å². The van der Waals surface area contributed by atoms with Crippen LogP contribution >= 0.6 is 0 Å². The highest BCUT2D eigenvalue weighted by Crippen LogP contribution is 2.19. The number of hydrogen-bond acceptors (Lipinski definition) is 6. The largest absolute Gasteiger partial charge is 0.454 e.